The van der Waals surface area contributed by atoms with Crippen LogP contribution in [0.1, 0.15) is 12.0 Å². The number of imide groups is 1. The normalized spacial score (nSPS) is 20.4. The average Bonchev–Trinajstić information content (AvgIpc) is 3.03. The monoisotopic (exact) mass is 395 g/mol. The molecule has 0 saturated carbocycles. The number of phenols is 1. The topological polar surface area (TPSA) is 73.3 Å². The highest BCUT2D eigenvalue weighted by Crippen LogP contribution is 2.25. The van der Waals surface area contributed by atoms with E-state index in [-0.39, 0.29) is 30.0 Å². The van der Waals surface area contributed by atoms with Gasteiger partial charge in [0.25, 0.3) is 0 Å². The average molecular weight is 395 g/mol. The lowest BCUT2D eigenvalue weighted by molar-refractivity contribution is -0.140. The molecule has 2 aromatic carbocycles. The first-order valence-electron chi connectivity index (χ1n) is 9.80. The van der Waals surface area contributed by atoms with E-state index in [1.54, 1.807) is 19.2 Å². The minimum absolute atomic E-state index is 0.107. The van der Waals surface area contributed by atoms with Crippen LogP contribution in [-0.2, 0) is 16.1 Å². The summed E-state index contributed by atoms with van der Waals surface area (Å²) in [7, 11) is 1.61. The highest BCUT2D eigenvalue weighted by atomic mass is 16.5. The summed E-state index contributed by atoms with van der Waals surface area (Å²) >= 11 is 0. The standard InChI is InChI=1S/C22H25N3O4/c1-29-19-8-2-16(3-9-19)15-25-21(27)14-20(22(25)28)24-12-10-23(11-13-24)17-4-6-18(26)7-5-17/h2-9,20,26H,10-15H2,1H3/t20-/m0/s1. The van der Waals surface area contributed by atoms with Crippen molar-refractivity contribution in [1.82, 2.24) is 9.80 Å². The number of hydrogen-bond acceptors (Lipinski definition) is 6. The van der Waals surface area contributed by atoms with E-state index in [1.807, 2.05) is 36.4 Å². The van der Waals surface area contributed by atoms with E-state index in [1.165, 1.54) is 4.90 Å². The number of anilines is 1. The van der Waals surface area contributed by atoms with Gasteiger partial charge in [0.15, 0.2) is 0 Å². The van der Waals surface area contributed by atoms with Gasteiger partial charge in [-0.05, 0) is 42.0 Å². The first kappa shape index (κ1) is 19.3. The third-order valence-corrected chi connectivity index (χ3v) is 5.69. The van der Waals surface area contributed by atoms with Gasteiger partial charge in [-0.2, -0.15) is 0 Å². The molecule has 2 aliphatic heterocycles. The molecular weight excluding hydrogens is 370 g/mol. The molecule has 0 radical (unpaired) electrons. The number of hydrogen-bond donors (Lipinski definition) is 1. The van der Waals surface area contributed by atoms with Crippen molar-refractivity contribution in [1.29, 1.82) is 0 Å². The summed E-state index contributed by atoms with van der Waals surface area (Å²) in [5.74, 6) is 0.775. The van der Waals surface area contributed by atoms with Gasteiger partial charge in [0, 0.05) is 31.9 Å². The Kier molecular flexibility index (Phi) is 5.40. The van der Waals surface area contributed by atoms with Crippen molar-refractivity contribution in [3.8, 4) is 11.5 Å². The van der Waals surface area contributed by atoms with E-state index in [0.717, 1.165) is 43.2 Å². The maximum Gasteiger partial charge on any atom is 0.247 e. The van der Waals surface area contributed by atoms with Gasteiger partial charge in [-0.15, -0.1) is 0 Å². The zero-order chi connectivity index (χ0) is 20.4. The molecule has 2 aromatic rings. The number of phenolic OH excluding ortho intramolecular Hbond substituents is 1. The van der Waals surface area contributed by atoms with E-state index in [0.29, 0.717) is 6.54 Å². The summed E-state index contributed by atoms with van der Waals surface area (Å²) in [6.07, 6.45) is 0.244. The zero-order valence-corrected chi connectivity index (χ0v) is 16.5. The Morgan fingerprint density at radius 1 is 0.966 bits per heavy atom. The van der Waals surface area contributed by atoms with Crippen LogP contribution in [0.25, 0.3) is 0 Å². The van der Waals surface area contributed by atoms with Gasteiger partial charge in [-0.3, -0.25) is 19.4 Å². The lowest BCUT2D eigenvalue weighted by Gasteiger charge is -2.38. The summed E-state index contributed by atoms with van der Waals surface area (Å²) in [6.45, 7) is 3.30. The summed E-state index contributed by atoms with van der Waals surface area (Å²) in [4.78, 5) is 31.2. The van der Waals surface area contributed by atoms with E-state index in [4.69, 9.17) is 4.74 Å². The second-order valence-corrected chi connectivity index (χ2v) is 7.43. The largest absolute Gasteiger partial charge is 0.508 e. The molecule has 1 N–H and O–H groups in total. The molecule has 2 aliphatic rings. The summed E-state index contributed by atoms with van der Waals surface area (Å²) in [5, 5.41) is 9.44. The molecule has 7 heteroatoms. The van der Waals surface area contributed by atoms with Crippen molar-refractivity contribution in [2.75, 3.05) is 38.2 Å². The minimum atomic E-state index is -0.372. The predicted octanol–water partition coefficient (Wildman–Crippen LogP) is 1.85. The number of carbonyl (C=O) groups excluding carboxylic acids is 2. The van der Waals surface area contributed by atoms with Gasteiger partial charge in [-0.25, -0.2) is 0 Å². The smallest absolute Gasteiger partial charge is 0.247 e. The second kappa shape index (κ2) is 8.13. The number of carbonyl (C=O) groups is 2. The van der Waals surface area contributed by atoms with Crippen LogP contribution in [0.5, 0.6) is 11.5 Å². The van der Waals surface area contributed by atoms with E-state index in [2.05, 4.69) is 9.80 Å². The molecule has 2 heterocycles. The molecule has 2 fully saturated rings. The van der Waals surface area contributed by atoms with E-state index >= 15 is 0 Å². The van der Waals surface area contributed by atoms with Gasteiger partial charge in [0.1, 0.15) is 11.5 Å². The number of amides is 2. The summed E-state index contributed by atoms with van der Waals surface area (Å²) in [6, 6.07) is 14.2. The van der Waals surface area contributed by atoms with Gasteiger partial charge in [-0.1, -0.05) is 12.1 Å². The molecule has 2 amide bonds. The number of benzene rings is 2. The van der Waals surface area contributed by atoms with Crippen LogP contribution in [0.3, 0.4) is 0 Å². The number of likely N-dealkylation sites (tertiary alicyclic amines) is 1. The van der Waals surface area contributed by atoms with Crippen molar-refractivity contribution in [2.24, 2.45) is 0 Å². The maximum atomic E-state index is 12.9. The number of ether oxygens (including phenoxy) is 1. The molecule has 2 saturated heterocycles. The molecule has 0 aromatic heterocycles. The Morgan fingerprint density at radius 2 is 1.62 bits per heavy atom. The van der Waals surface area contributed by atoms with Crippen LogP contribution in [0.2, 0.25) is 0 Å². The van der Waals surface area contributed by atoms with Crippen LogP contribution in [-0.4, -0.2) is 66.1 Å². The number of nitrogens with zero attached hydrogens (tertiary/aromatic N) is 3. The molecular formula is C22H25N3O4. The molecule has 29 heavy (non-hydrogen) atoms. The molecule has 0 unspecified atom stereocenters. The molecule has 7 nitrogen and oxygen atoms in total. The van der Waals surface area contributed by atoms with Crippen LogP contribution in [0.4, 0.5) is 5.69 Å². The minimum Gasteiger partial charge on any atom is -0.508 e. The van der Waals surface area contributed by atoms with Gasteiger partial charge in [0.05, 0.1) is 26.1 Å². The van der Waals surface area contributed by atoms with E-state index < -0.39 is 0 Å². The summed E-state index contributed by atoms with van der Waals surface area (Å²) in [5.41, 5.74) is 1.96. The zero-order valence-electron chi connectivity index (χ0n) is 16.5. The molecule has 4 rings (SSSR count). The highest BCUT2D eigenvalue weighted by molar-refractivity contribution is 6.05. The van der Waals surface area contributed by atoms with Crippen molar-refractivity contribution < 1.29 is 19.4 Å². The van der Waals surface area contributed by atoms with Crippen LogP contribution < -0.4 is 9.64 Å². The number of rotatable bonds is 5. The first-order valence-corrected chi connectivity index (χ1v) is 9.80. The second-order valence-electron chi connectivity index (χ2n) is 7.43. The van der Waals surface area contributed by atoms with Crippen LogP contribution in [0, 0.1) is 0 Å². The SMILES string of the molecule is COc1ccc(CN2C(=O)C[C@H](N3CCN(c4ccc(O)cc4)CC3)C2=O)cc1. The Bertz CT molecular complexity index is 874. The van der Waals surface area contributed by atoms with Crippen molar-refractivity contribution in [3.05, 3.63) is 54.1 Å². The molecule has 0 bridgehead atoms. The Balaban J connectivity index is 1.36. The van der Waals surface area contributed by atoms with Crippen molar-refractivity contribution >= 4 is 17.5 Å². The Labute approximate surface area is 170 Å². The lowest BCUT2D eigenvalue weighted by Crippen LogP contribution is -2.52. The highest BCUT2D eigenvalue weighted by Gasteiger charge is 2.42. The first-order chi connectivity index (χ1) is 14.0. The van der Waals surface area contributed by atoms with Crippen molar-refractivity contribution in [2.45, 2.75) is 19.0 Å². The van der Waals surface area contributed by atoms with Crippen molar-refractivity contribution in [3.63, 3.8) is 0 Å². The van der Waals surface area contributed by atoms with Crippen LogP contribution in [0.15, 0.2) is 48.5 Å². The Morgan fingerprint density at radius 3 is 2.24 bits per heavy atom. The van der Waals surface area contributed by atoms with Gasteiger partial charge >= 0.3 is 0 Å². The fourth-order valence-electron chi connectivity index (χ4n) is 3.99. The fourth-order valence-corrected chi connectivity index (χ4v) is 3.99. The number of methoxy groups -OCH3 is 1. The quantitative estimate of drug-likeness (QED) is 0.779. The Hall–Kier alpha value is -3.06. The maximum absolute atomic E-state index is 12.9. The lowest BCUT2D eigenvalue weighted by atomic mass is 10.1. The fraction of sp³-hybridized carbons (Fsp3) is 0.364. The van der Waals surface area contributed by atoms with Crippen LogP contribution >= 0.6 is 0 Å². The van der Waals surface area contributed by atoms with Gasteiger partial charge in [0.2, 0.25) is 11.8 Å². The third-order valence-electron chi connectivity index (χ3n) is 5.69. The number of aromatic hydroxyl groups is 1. The summed E-state index contributed by atoms with van der Waals surface area (Å²) < 4.78 is 5.15. The van der Waals surface area contributed by atoms with Gasteiger partial charge < -0.3 is 14.7 Å². The van der Waals surface area contributed by atoms with E-state index in [9.17, 15) is 14.7 Å². The molecule has 0 aliphatic carbocycles. The third kappa shape index (κ3) is 4.05. The predicted molar refractivity (Wildman–Crippen MR) is 109 cm³/mol. The molecule has 1 atom stereocenters. The molecule has 152 valence electrons. The number of piperazine rings is 1. The molecule has 0 spiro atoms.